The SMILES string of the molecule is CC1(C)C(C(=O)O)CCCN1C1CCCCCC1. The number of likely N-dealkylation sites (tertiary alicyclic amines) is 1. The summed E-state index contributed by atoms with van der Waals surface area (Å²) >= 11 is 0. The van der Waals surface area contributed by atoms with Crippen molar-refractivity contribution in [3.05, 3.63) is 0 Å². The zero-order valence-corrected chi connectivity index (χ0v) is 11.8. The van der Waals surface area contributed by atoms with Crippen molar-refractivity contribution < 1.29 is 9.90 Å². The van der Waals surface area contributed by atoms with Crippen LogP contribution < -0.4 is 0 Å². The number of carbonyl (C=O) groups is 1. The third kappa shape index (κ3) is 2.71. The van der Waals surface area contributed by atoms with Gasteiger partial charge in [-0.1, -0.05) is 25.7 Å². The van der Waals surface area contributed by atoms with Crippen LogP contribution in [-0.2, 0) is 4.79 Å². The summed E-state index contributed by atoms with van der Waals surface area (Å²) in [5.74, 6) is -0.812. The first-order valence-electron chi connectivity index (χ1n) is 7.53. The van der Waals surface area contributed by atoms with Crippen LogP contribution in [0.5, 0.6) is 0 Å². The zero-order chi connectivity index (χ0) is 13.2. The minimum absolute atomic E-state index is 0.181. The van der Waals surface area contributed by atoms with Crippen molar-refractivity contribution in [2.75, 3.05) is 6.54 Å². The van der Waals surface area contributed by atoms with Crippen LogP contribution in [0, 0.1) is 5.92 Å². The van der Waals surface area contributed by atoms with E-state index in [4.69, 9.17) is 0 Å². The van der Waals surface area contributed by atoms with Gasteiger partial charge in [-0.3, -0.25) is 9.69 Å². The molecule has 0 aromatic heterocycles. The van der Waals surface area contributed by atoms with Crippen molar-refractivity contribution in [2.45, 2.75) is 76.8 Å². The molecule has 0 radical (unpaired) electrons. The number of aliphatic carboxylic acids is 1. The van der Waals surface area contributed by atoms with E-state index >= 15 is 0 Å². The van der Waals surface area contributed by atoms with E-state index in [1.165, 1.54) is 38.5 Å². The van der Waals surface area contributed by atoms with Crippen LogP contribution in [-0.4, -0.2) is 34.1 Å². The number of hydrogen-bond acceptors (Lipinski definition) is 2. The normalized spacial score (nSPS) is 30.9. The molecule has 1 unspecified atom stereocenters. The number of carboxylic acid groups (broad SMARTS) is 1. The highest BCUT2D eigenvalue weighted by atomic mass is 16.4. The second kappa shape index (κ2) is 5.60. The first-order valence-corrected chi connectivity index (χ1v) is 7.53. The number of nitrogens with zero attached hydrogens (tertiary/aromatic N) is 1. The summed E-state index contributed by atoms with van der Waals surface area (Å²) in [5, 5.41) is 9.42. The Labute approximate surface area is 111 Å². The standard InChI is InChI=1S/C15H27NO2/c1-15(2)13(14(17)18)10-7-11-16(15)12-8-5-3-4-6-9-12/h12-13H,3-11H2,1-2H3,(H,17,18). The molecule has 0 amide bonds. The molecule has 18 heavy (non-hydrogen) atoms. The summed E-state index contributed by atoms with van der Waals surface area (Å²) in [5.41, 5.74) is -0.181. The van der Waals surface area contributed by atoms with Gasteiger partial charge in [-0.25, -0.2) is 0 Å². The highest BCUT2D eigenvalue weighted by molar-refractivity contribution is 5.71. The molecule has 0 aromatic rings. The lowest BCUT2D eigenvalue weighted by Gasteiger charge is -2.50. The minimum atomic E-state index is -0.613. The molecule has 3 heteroatoms. The molecule has 2 fully saturated rings. The third-order valence-corrected chi connectivity index (χ3v) is 5.05. The summed E-state index contributed by atoms with van der Waals surface area (Å²) in [6.45, 7) is 5.35. The molecular weight excluding hydrogens is 226 g/mol. The fourth-order valence-corrected chi connectivity index (χ4v) is 3.96. The molecule has 1 saturated heterocycles. The molecule has 0 spiro atoms. The van der Waals surface area contributed by atoms with Gasteiger partial charge in [-0.2, -0.15) is 0 Å². The Bertz CT molecular complexity index is 293. The van der Waals surface area contributed by atoms with Gasteiger partial charge in [0.2, 0.25) is 0 Å². The Hall–Kier alpha value is -0.570. The molecule has 1 saturated carbocycles. The predicted molar refractivity (Wildman–Crippen MR) is 72.6 cm³/mol. The zero-order valence-electron chi connectivity index (χ0n) is 11.8. The van der Waals surface area contributed by atoms with E-state index in [9.17, 15) is 9.90 Å². The van der Waals surface area contributed by atoms with Gasteiger partial charge in [0.25, 0.3) is 0 Å². The Kier molecular flexibility index (Phi) is 4.31. The fraction of sp³-hybridized carbons (Fsp3) is 0.933. The smallest absolute Gasteiger partial charge is 0.308 e. The maximum absolute atomic E-state index is 11.4. The van der Waals surface area contributed by atoms with Gasteiger partial charge in [0.15, 0.2) is 0 Å². The van der Waals surface area contributed by atoms with E-state index in [1.54, 1.807) is 0 Å². The van der Waals surface area contributed by atoms with Crippen LogP contribution in [0.15, 0.2) is 0 Å². The molecule has 1 N–H and O–H groups in total. The summed E-state index contributed by atoms with van der Waals surface area (Å²) in [6.07, 6.45) is 9.73. The highest BCUT2D eigenvalue weighted by Crippen LogP contribution is 2.37. The van der Waals surface area contributed by atoms with Gasteiger partial charge < -0.3 is 5.11 Å². The summed E-state index contributed by atoms with van der Waals surface area (Å²) in [6, 6.07) is 0.615. The van der Waals surface area contributed by atoms with Crippen molar-refractivity contribution in [3.63, 3.8) is 0 Å². The molecule has 104 valence electrons. The van der Waals surface area contributed by atoms with Crippen LogP contribution >= 0.6 is 0 Å². The van der Waals surface area contributed by atoms with Gasteiger partial charge in [0.05, 0.1) is 5.92 Å². The molecule has 2 rings (SSSR count). The lowest BCUT2D eigenvalue weighted by atomic mass is 9.77. The summed E-state index contributed by atoms with van der Waals surface area (Å²) in [7, 11) is 0. The molecule has 1 aliphatic heterocycles. The maximum atomic E-state index is 11.4. The first kappa shape index (κ1) is 13.9. The van der Waals surface area contributed by atoms with E-state index < -0.39 is 5.97 Å². The second-order valence-electron chi connectivity index (χ2n) is 6.53. The van der Waals surface area contributed by atoms with E-state index in [2.05, 4.69) is 18.7 Å². The molecule has 3 nitrogen and oxygen atoms in total. The van der Waals surface area contributed by atoms with Crippen molar-refractivity contribution in [2.24, 2.45) is 5.92 Å². The topological polar surface area (TPSA) is 40.5 Å². The van der Waals surface area contributed by atoms with Crippen LogP contribution in [0.25, 0.3) is 0 Å². The molecule has 0 bridgehead atoms. The quantitative estimate of drug-likeness (QED) is 0.768. The van der Waals surface area contributed by atoms with Crippen LogP contribution in [0.3, 0.4) is 0 Å². The number of rotatable bonds is 2. The highest BCUT2D eigenvalue weighted by Gasteiger charge is 2.44. The predicted octanol–water partition coefficient (Wildman–Crippen LogP) is 3.28. The maximum Gasteiger partial charge on any atom is 0.308 e. The van der Waals surface area contributed by atoms with Crippen LogP contribution in [0.2, 0.25) is 0 Å². The van der Waals surface area contributed by atoms with Crippen molar-refractivity contribution >= 4 is 5.97 Å². The summed E-state index contributed by atoms with van der Waals surface area (Å²) < 4.78 is 0. The van der Waals surface area contributed by atoms with Gasteiger partial charge in [-0.05, 0) is 46.1 Å². The average Bonchev–Trinajstić information content (AvgIpc) is 2.56. The Balaban J connectivity index is 2.12. The Morgan fingerprint density at radius 3 is 2.22 bits per heavy atom. The van der Waals surface area contributed by atoms with E-state index in [0.717, 1.165) is 19.4 Å². The second-order valence-corrected chi connectivity index (χ2v) is 6.53. The number of carboxylic acids is 1. The Morgan fingerprint density at radius 2 is 1.67 bits per heavy atom. The van der Waals surface area contributed by atoms with Crippen molar-refractivity contribution in [1.82, 2.24) is 4.90 Å². The van der Waals surface area contributed by atoms with Gasteiger partial charge >= 0.3 is 5.97 Å². The molecule has 1 aliphatic carbocycles. The molecule has 2 aliphatic rings. The Morgan fingerprint density at radius 1 is 1.06 bits per heavy atom. The van der Waals surface area contributed by atoms with Gasteiger partial charge in [0, 0.05) is 11.6 Å². The fourth-order valence-electron chi connectivity index (χ4n) is 3.96. The van der Waals surface area contributed by atoms with E-state index in [1.807, 2.05) is 0 Å². The number of piperidine rings is 1. The van der Waals surface area contributed by atoms with E-state index in [0.29, 0.717) is 6.04 Å². The first-order chi connectivity index (χ1) is 8.53. The molecule has 1 atom stereocenters. The van der Waals surface area contributed by atoms with Gasteiger partial charge in [0.1, 0.15) is 0 Å². The lowest BCUT2D eigenvalue weighted by molar-refractivity contribution is -0.151. The molecule has 0 aromatic carbocycles. The average molecular weight is 253 g/mol. The van der Waals surface area contributed by atoms with Crippen LogP contribution in [0.1, 0.15) is 65.2 Å². The van der Waals surface area contributed by atoms with Gasteiger partial charge in [-0.15, -0.1) is 0 Å². The van der Waals surface area contributed by atoms with Crippen molar-refractivity contribution in [1.29, 1.82) is 0 Å². The minimum Gasteiger partial charge on any atom is -0.481 e. The monoisotopic (exact) mass is 253 g/mol. The number of hydrogen-bond donors (Lipinski definition) is 1. The van der Waals surface area contributed by atoms with Crippen molar-refractivity contribution in [3.8, 4) is 0 Å². The third-order valence-electron chi connectivity index (χ3n) is 5.05. The molecular formula is C15H27NO2. The molecule has 1 heterocycles. The van der Waals surface area contributed by atoms with E-state index in [-0.39, 0.29) is 11.5 Å². The largest absolute Gasteiger partial charge is 0.481 e. The van der Waals surface area contributed by atoms with Crippen LogP contribution in [0.4, 0.5) is 0 Å². The lowest BCUT2D eigenvalue weighted by Crippen LogP contribution is -2.59. The summed E-state index contributed by atoms with van der Waals surface area (Å²) in [4.78, 5) is 14.0.